The van der Waals surface area contributed by atoms with Crippen LogP contribution in [0.5, 0.6) is 0 Å². The number of aryl methyl sites for hydroxylation is 4. The number of carbonyl (C=O) groups is 1. The highest BCUT2D eigenvalue weighted by atomic mass is 32.1. The molecule has 1 saturated heterocycles. The van der Waals surface area contributed by atoms with Crippen LogP contribution in [-0.4, -0.2) is 47.0 Å². The standard InChI is InChI=1S/C28H30N4OS/c1-20-21(2)34-28-26(20)27(29-24(30-28)14-13-22-9-5-3-6-10-22)32-17-15-31(16-18-32)25(33)19-23-11-7-4-8-12-23/h3-12H,13-19H2,1-2H3. The number of aromatic nitrogens is 2. The van der Waals surface area contributed by atoms with Gasteiger partial charge in [-0.3, -0.25) is 4.79 Å². The smallest absolute Gasteiger partial charge is 0.227 e. The van der Waals surface area contributed by atoms with Crippen molar-refractivity contribution in [3.05, 3.63) is 88.1 Å². The van der Waals surface area contributed by atoms with Crippen molar-refractivity contribution in [3.8, 4) is 0 Å². The van der Waals surface area contributed by atoms with Crippen molar-refractivity contribution >= 4 is 33.3 Å². The van der Waals surface area contributed by atoms with Crippen molar-refractivity contribution in [2.24, 2.45) is 0 Å². The fourth-order valence-corrected chi connectivity index (χ4v) is 5.61. The molecule has 5 rings (SSSR count). The van der Waals surface area contributed by atoms with E-state index in [4.69, 9.17) is 9.97 Å². The summed E-state index contributed by atoms with van der Waals surface area (Å²) in [7, 11) is 0. The van der Waals surface area contributed by atoms with Crippen LogP contribution < -0.4 is 4.90 Å². The first kappa shape index (κ1) is 22.5. The zero-order valence-corrected chi connectivity index (χ0v) is 20.6. The second-order valence-corrected chi connectivity index (χ2v) is 10.1. The van der Waals surface area contributed by atoms with E-state index in [1.807, 2.05) is 41.3 Å². The van der Waals surface area contributed by atoms with Crippen LogP contribution in [0, 0.1) is 13.8 Å². The first-order valence-corrected chi connectivity index (χ1v) is 12.8. The van der Waals surface area contributed by atoms with Gasteiger partial charge in [0, 0.05) is 37.5 Å². The first-order valence-electron chi connectivity index (χ1n) is 12.0. The number of benzene rings is 2. The van der Waals surface area contributed by atoms with Gasteiger partial charge in [-0.2, -0.15) is 0 Å². The zero-order chi connectivity index (χ0) is 23.5. The Labute approximate surface area is 205 Å². The van der Waals surface area contributed by atoms with Crippen molar-refractivity contribution in [1.29, 1.82) is 0 Å². The predicted molar refractivity (Wildman–Crippen MR) is 140 cm³/mol. The molecule has 34 heavy (non-hydrogen) atoms. The molecule has 1 aliphatic rings. The fraction of sp³-hybridized carbons (Fsp3) is 0.321. The lowest BCUT2D eigenvalue weighted by Crippen LogP contribution is -2.49. The molecule has 174 valence electrons. The van der Waals surface area contributed by atoms with E-state index in [2.05, 4.69) is 43.0 Å². The summed E-state index contributed by atoms with van der Waals surface area (Å²) in [5.41, 5.74) is 3.64. The van der Waals surface area contributed by atoms with Crippen molar-refractivity contribution in [1.82, 2.24) is 14.9 Å². The molecule has 0 spiro atoms. The molecule has 1 amide bonds. The summed E-state index contributed by atoms with van der Waals surface area (Å²) >= 11 is 1.76. The molecular formula is C28H30N4OS. The first-order chi connectivity index (χ1) is 16.6. The number of rotatable bonds is 6. The minimum Gasteiger partial charge on any atom is -0.352 e. The number of piperazine rings is 1. The van der Waals surface area contributed by atoms with Gasteiger partial charge in [-0.25, -0.2) is 9.97 Å². The van der Waals surface area contributed by atoms with Gasteiger partial charge in [-0.1, -0.05) is 60.7 Å². The Hall–Kier alpha value is -3.25. The molecule has 6 heteroatoms. The largest absolute Gasteiger partial charge is 0.352 e. The molecule has 0 radical (unpaired) electrons. The number of thiophene rings is 1. The molecular weight excluding hydrogens is 440 g/mol. The third-order valence-corrected chi connectivity index (χ3v) is 7.77. The van der Waals surface area contributed by atoms with E-state index in [1.54, 1.807) is 11.3 Å². The van der Waals surface area contributed by atoms with Gasteiger partial charge in [0.1, 0.15) is 16.5 Å². The maximum atomic E-state index is 12.8. The van der Waals surface area contributed by atoms with Gasteiger partial charge < -0.3 is 9.80 Å². The number of anilines is 1. The van der Waals surface area contributed by atoms with Crippen LogP contribution in [0.25, 0.3) is 10.2 Å². The molecule has 4 aromatic rings. The Morgan fingerprint density at radius 1 is 0.853 bits per heavy atom. The number of nitrogens with zero attached hydrogens (tertiary/aromatic N) is 4. The number of amides is 1. The Kier molecular flexibility index (Phi) is 6.59. The van der Waals surface area contributed by atoms with Crippen LogP contribution in [0.2, 0.25) is 0 Å². The molecule has 3 heterocycles. The van der Waals surface area contributed by atoms with Gasteiger partial charge >= 0.3 is 0 Å². The minimum atomic E-state index is 0.199. The second kappa shape index (κ2) is 9.94. The number of fused-ring (bicyclic) bond motifs is 1. The molecule has 0 bridgehead atoms. The zero-order valence-electron chi connectivity index (χ0n) is 19.8. The summed E-state index contributed by atoms with van der Waals surface area (Å²) < 4.78 is 0. The number of hydrogen-bond donors (Lipinski definition) is 0. The lowest BCUT2D eigenvalue weighted by Gasteiger charge is -2.36. The Morgan fingerprint density at radius 3 is 2.18 bits per heavy atom. The van der Waals surface area contributed by atoms with E-state index in [9.17, 15) is 4.79 Å². The van der Waals surface area contributed by atoms with Crippen LogP contribution in [0.3, 0.4) is 0 Å². The highest BCUT2D eigenvalue weighted by Gasteiger charge is 2.25. The molecule has 0 N–H and O–H groups in total. The molecule has 0 aliphatic carbocycles. The summed E-state index contributed by atoms with van der Waals surface area (Å²) in [4.78, 5) is 29.5. The molecule has 1 aliphatic heterocycles. The average Bonchev–Trinajstić information content (AvgIpc) is 3.16. The van der Waals surface area contributed by atoms with E-state index in [-0.39, 0.29) is 5.91 Å². The topological polar surface area (TPSA) is 49.3 Å². The van der Waals surface area contributed by atoms with Gasteiger partial charge in [-0.15, -0.1) is 11.3 Å². The van der Waals surface area contributed by atoms with Gasteiger partial charge in [-0.05, 0) is 37.0 Å². The normalized spacial score (nSPS) is 14.1. The van der Waals surface area contributed by atoms with Crippen LogP contribution in [0.4, 0.5) is 5.82 Å². The molecule has 2 aromatic carbocycles. The number of carbonyl (C=O) groups excluding carboxylic acids is 1. The average molecular weight is 471 g/mol. The van der Waals surface area contributed by atoms with Crippen LogP contribution in [0.1, 0.15) is 27.4 Å². The maximum Gasteiger partial charge on any atom is 0.227 e. The van der Waals surface area contributed by atoms with Crippen molar-refractivity contribution < 1.29 is 4.79 Å². The Balaban J connectivity index is 1.33. The lowest BCUT2D eigenvalue weighted by molar-refractivity contribution is -0.130. The molecule has 1 fully saturated rings. The number of hydrogen-bond acceptors (Lipinski definition) is 5. The van der Waals surface area contributed by atoms with Crippen LogP contribution in [0.15, 0.2) is 60.7 Å². The highest BCUT2D eigenvalue weighted by molar-refractivity contribution is 7.18. The summed E-state index contributed by atoms with van der Waals surface area (Å²) in [5, 5.41) is 1.18. The van der Waals surface area contributed by atoms with Gasteiger partial charge in [0.05, 0.1) is 11.8 Å². The Morgan fingerprint density at radius 2 is 1.50 bits per heavy atom. The molecule has 5 nitrogen and oxygen atoms in total. The predicted octanol–water partition coefficient (Wildman–Crippen LogP) is 4.98. The van der Waals surface area contributed by atoms with Crippen LogP contribution >= 0.6 is 11.3 Å². The third kappa shape index (κ3) is 4.82. The van der Waals surface area contributed by atoms with E-state index < -0.39 is 0 Å². The monoisotopic (exact) mass is 470 g/mol. The fourth-order valence-electron chi connectivity index (χ4n) is 4.56. The Bertz CT molecular complexity index is 1280. The van der Waals surface area contributed by atoms with E-state index in [1.165, 1.54) is 21.4 Å². The maximum absolute atomic E-state index is 12.8. The highest BCUT2D eigenvalue weighted by Crippen LogP contribution is 2.35. The minimum absolute atomic E-state index is 0.199. The van der Waals surface area contributed by atoms with E-state index in [0.717, 1.165) is 61.1 Å². The quantitative estimate of drug-likeness (QED) is 0.399. The summed E-state index contributed by atoms with van der Waals surface area (Å²) in [6.45, 7) is 7.36. The molecule has 0 atom stereocenters. The van der Waals surface area contributed by atoms with E-state index >= 15 is 0 Å². The summed E-state index contributed by atoms with van der Waals surface area (Å²) in [6, 6.07) is 20.5. The summed E-state index contributed by atoms with van der Waals surface area (Å²) in [5.74, 6) is 2.13. The van der Waals surface area contributed by atoms with E-state index in [0.29, 0.717) is 6.42 Å². The lowest BCUT2D eigenvalue weighted by atomic mass is 10.1. The second-order valence-electron chi connectivity index (χ2n) is 8.94. The van der Waals surface area contributed by atoms with Crippen LogP contribution in [-0.2, 0) is 24.1 Å². The van der Waals surface area contributed by atoms with Crippen molar-refractivity contribution in [3.63, 3.8) is 0 Å². The van der Waals surface area contributed by atoms with Gasteiger partial charge in [0.15, 0.2) is 0 Å². The molecule has 0 saturated carbocycles. The van der Waals surface area contributed by atoms with Crippen molar-refractivity contribution in [2.75, 3.05) is 31.1 Å². The van der Waals surface area contributed by atoms with Gasteiger partial charge in [0.2, 0.25) is 5.91 Å². The van der Waals surface area contributed by atoms with Crippen molar-refractivity contribution in [2.45, 2.75) is 33.1 Å². The SMILES string of the molecule is Cc1sc2nc(CCc3ccccc3)nc(N3CCN(C(=O)Cc4ccccc4)CC3)c2c1C. The van der Waals surface area contributed by atoms with Gasteiger partial charge in [0.25, 0.3) is 0 Å². The molecule has 2 aromatic heterocycles. The molecule has 0 unspecified atom stereocenters. The third-order valence-electron chi connectivity index (χ3n) is 6.67. The summed E-state index contributed by atoms with van der Waals surface area (Å²) in [6.07, 6.45) is 2.21.